The lowest BCUT2D eigenvalue weighted by Gasteiger charge is -2.36. The first-order valence-electron chi connectivity index (χ1n) is 7.90. The van der Waals surface area contributed by atoms with Gasteiger partial charge in [0, 0.05) is 12.3 Å². The average Bonchev–Trinajstić information content (AvgIpc) is 2.37. The third-order valence-electron chi connectivity index (χ3n) is 4.51. The highest BCUT2D eigenvalue weighted by molar-refractivity contribution is 5.18. The third-order valence-corrected chi connectivity index (χ3v) is 4.51. The summed E-state index contributed by atoms with van der Waals surface area (Å²) in [6, 6.07) is 0. The van der Waals surface area contributed by atoms with Gasteiger partial charge in [0.1, 0.15) is 11.6 Å². The van der Waals surface area contributed by atoms with Crippen LogP contribution in [0.4, 0.5) is 5.95 Å². The molecule has 1 aromatic heterocycles. The molecule has 2 N–H and O–H groups in total. The van der Waals surface area contributed by atoms with Gasteiger partial charge in [0.25, 0.3) is 0 Å². The van der Waals surface area contributed by atoms with E-state index in [9.17, 15) is 0 Å². The molecule has 1 aliphatic rings. The topological polar surface area (TPSA) is 64.7 Å². The van der Waals surface area contributed by atoms with Gasteiger partial charge < -0.3 is 5.73 Å². The molecule has 0 spiro atoms. The van der Waals surface area contributed by atoms with Gasteiger partial charge >= 0.3 is 0 Å². The van der Waals surface area contributed by atoms with E-state index in [2.05, 4.69) is 42.6 Å². The number of nitrogens with two attached hydrogens (primary N) is 1. The summed E-state index contributed by atoms with van der Waals surface area (Å²) in [5, 5.41) is 0. The summed E-state index contributed by atoms with van der Waals surface area (Å²) in [6.45, 7) is 9.17. The smallest absolute Gasteiger partial charge is 0.223 e. The van der Waals surface area contributed by atoms with Crippen LogP contribution < -0.4 is 5.73 Å². The van der Waals surface area contributed by atoms with E-state index in [4.69, 9.17) is 5.73 Å². The van der Waals surface area contributed by atoms with Crippen molar-refractivity contribution in [1.82, 2.24) is 15.0 Å². The minimum absolute atomic E-state index is 0.386. The fraction of sp³-hybridized carbons (Fsp3) is 0.812. The average molecular weight is 276 g/mol. The second-order valence-electron chi connectivity index (χ2n) is 7.13. The van der Waals surface area contributed by atoms with Crippen molar-refractivity contribution in [2.24, 2.45) is 11.3 Å². The minimum atomic E-state index is 0.386. The van der Waals surface area contributed by atoms with E-state index in [1.165, 1.54) is 25.7 Å². The molecule has 1 heterocycles. The molecule has 1 aromatic rings. The van der Waals surface area contributed by atoms with Crippen LogP contribution in [0.3, 0.4) is 0 Å². The predicted octanol–water partition coefficient (Wildman–Crippen LogP) is 3.73. The molecule has 0 aliphatic heterocycles. The molecule has 1 saturated carbocycles. The number of rotatable bonds is 3. The highest BCUT2D eigenvalue weighted by Gasteiger charge is 2.31. The first kappa shape index (κ1) is 15.2. The maximum Gasteiger partial charge on any atom is 0.223 e. The molecule has 2 rings (SSSR count). The number of nitrogens with zero attached hydrogens (tertiary/aromatic N) is 3. The zero-order valence-electron chi connectivity index (χ0n) is 13.3. The van der Waals surface area contributed by atoms with E-state index >= 15 is 0 Å². The Bertz CT molecular complexity index is 442. The van der Waals surface area contributed by atoms with E-state index in [0.717, 1.165) is 30.4 Å². The SMILES string of the molecule is CCCc1nc(N)nc(C2CCC(C(C)(C)C)CC2)n1. The van der Waals surface area contributed by atoms with Crippen molar-refractivity contribution in [3.05, 3.63) is 11.6 Å². The largest absolute Gasteiger partial charge is 0.368 e. The summed E-state index contributed by atoms with van der Waals surface area (Å²) in [5.41, 5.74) is 6.24. The molecule has 4 heteroatoms. The Morgan fingerprint density at radius 1 is 1.05 bits per heavy atom. The standard InChI is InChI=1S/C16H28N4/c1-5-6-13-18-14(20-15(17)19-13)11-7-9-12(10-8-11)16(2,3)4/h11-12H,5-10H2,1-4H3,(H2,17,18,19,20). The van der Waals surface area contributed by atoms with Crippen molar-refractivity contribution in [2.45, 2.75) is 72.1 Å². The number of aromatic nitrogens is 3. The molecule has 0 radical (unpaired) electrons. The lowest BCUT2D eigenvalue weighted by atomic mass is 9.70. The van der Waals surface area contributed by atoms with Crippen LogP contribution in [0.5, 0.6) is 0 Å². The van der Waals surface area contributed by atoms with Crippen LogP contribution in [0.25, 0.3) is 0 Å². The van der Waals surface area contributed by atoms with Crippen molar-refractivity contribution >= 4 is 5.95 Å². The van der Waals surface area contributed by atoms with E-state index in [1.807, 2.05) is 0 Å². The van der Waals surface area contributed by atoms with Crippen LogP contribution in [-0.4, -0.2) is 15.0 Å². The summed E-state index contributed by atoms with van der Waals surface area (Å²) in [6.07, 6.45) is 6.82. The lowest BCUT2D eigenvalue weighted by molar-refractivity contribution is 0.167. The molecule has 1 aliphatic carbocycles. The van der Waals surface area contributed by atoms with Crippen LogP contribution in [0, 0.1) is 11.3 Å². The fourth-order valence-corrected chi connectivity index (χ4v) is 3.19. The van der Waals surface area contributed by atoms with Crippen molar-refractivity contribution < 1.29 is 0 Å². The van der Waals surface area contributed by atoms with Gasteiger partial charge in [0.2, 0.25) is 5.95 Å². The number of hydrogen-bond acceptors (Lipinski definition) is 4. The van der Waals surface area contributed by atoms with Gasteiger partial charge in [0.05, 0.1) is 0 Å². The van der Waals surface area contributed by atoms with E-state index in [-0.39, 0.29) is 0 Å². The van der Waals surface area contributed by atoms with Crippen LogP contribution >= 0.6 is 0 Å². The molecule has 112 valence electrons. The molecule has 20 heavy (non-hydrogen) atoms. The van der Waals surface area contributed by atoms with E-state index in [1.54, 1.807) is 0 Å². The monoisotopic (exact) mass is 276 g/mol. The Labute approximate surface area is 122 Å². The van der Waals surface area contributed by atoms with Crippen molar-refractivity contribution in [3.63, 3.8) is 0 Å². The molecular formula is C16H28N4. The summed E-state index contributed by atoms with van der Waals surface area (Å²) in [4.78, 5) is 13.2. The quantitative estimate of drug-likeness (QED) is 0.913. The normalized spacial score (nSPS) is 23.8. The van der Waals surface area contributed by atoms with Crippen LogP contribution in [0.15, 0.2) is 0 Å². The van der Waals surface area contributed by atoms with Crippen LogP contribution in [0.2, 0.25) is 0 Å². The highest BCUT2D eigenvalue weighted by atomic mass is 15.1. The number of hydrogen-bond donors (Lipinski definition) is 1. The molecule has 0 amide bonds. The number of aryl methyl sites for hydroxylation is 1. The maximum atomic E-state index is 5.83. The summed E-state index contributed by atoms with van der Waals surface area (Å²) >= 11 is 0. The van der Waals surface area contributed by atoms with E-state index in [0.29, 0.717) is 17.3 Å². The van der Waals surface area contributed by atoms with Gasteiger partial charge in [-0.1, -0.05) is 27.7 Å². The lowest BCUT2D eigenvalue weighted by Crippen LogP contribution is -2.26. The van der Waals surface area contributed by atoms with Crippen LogP contribution in [-0.2, 0) is 6.42 Å². The second-order valence-corrected chi connectivity index (χ2v) is 7.13. The van der Waals surface area contributed by atoms with Gasteiger partial charge in [0.15, 0.2) is 0 Å². The van der Waals surface area contributed by atoms with Gasteiger partial charge in [-0.25, -0.2) is 4.98 Å². The Balaban J connectivity index is 2.07. The highest BCUT2D eigenvalue weighted by Crippen LogP contribution is 2.42. The fourth-order valence-electron chi connectivity index (χ4n) is 3.19. The minimum Gasteiger partial charge on any atom is -0.368 e. The molecule has 0 saturated heterocycles. The molecule has 4 nitrogen and oxygen atoms in total. The van der Waals surface area contributed by atoms with Gasteiger partial charge in [-0.15, -0.1) is 0 Å². The molecule has 0 bridgehead atoms. The zero-order valence-corrected chi connectivity index (χ0v) is 13.3. The van der Waals surface area contributed by atoms with Gasteiger partial charge in [-0.05, 0) is 43.4 Å². The first-order chi connectivity index (χ1) is 9.40. The molecule has 1 fully saturated rings. The van der Waals surface area contributed by atoms with Gasteiger partial charge in [-0.3, -0.25) is 0 Å². The molecule has 0 atom stereocenters. The van der Waals surface area contributed by atoms with Crippen LogP contribution in [0.1, 0.15) is 77.4 Å². The maximum absolute atomic E-state index is 5.83. The first-order valence-corrected chi connectivity index (χ1v) is 7.90. The van der Waals surface area contributed by atoms with Crippen molar-refractivity contribution in [3.8, 4) is 0 Å². The summed E-state index contributed by atoms with van der Waals surface area (Å²) in [5.74, 6) is 3.44. The Kier molecular flexibility index (Phi) is 4.61. The molecule has 0 aromatic carbocycles. The van der Waals surface area contributed by atoms with Gasteiger partial charge in [-0.2, -0.15) is 9.97 Å². The Morgan fingerprint density at radius 3 is 2.25 bits per heavy atom. The third kappa shape index (κ3) is 3.68. The zero-order chi connectivity index (χ0) is 14.8. The van der Waals surface area contributed by atoms with Crippen molar-refractivity contribution in [2.75, 3.05) is 5.73 Å². The summed E-state index contributed by atoms with van der Waals surface area (Å²) < 4.78 is 0. The Morgan fingerprint density at radius 2 is 1.70 bits per heavy atom. The predicted molar refractivity (Wildman–Crippen MR) is 82.4 cm³/mol. The number of anilines is 1. The summed E-state index contributed by atoms with van der Waals surface area (Å²) in [7, 11) is 0. The van der Waals surface area contributed by atoms with Crippen molar-refractivity contribution in [1.29, 1.82) is 0 Å². The Hall–Kier alpha value is -1.19. The number of nitrogen functional groups attached to an aromatic ring is 1. The molecule has 0 unspecified atom stereocenters. The second kappa shape index (κ2) is 6.06. The molecular weight excluding hydrogens is 248 g/mol. The van der Waals surface area contributed by atoms with E-state index < -0.39 is 0 Å².